The highest BCUT2D eigenvalue weighted by Crippen LogP contribution is 2.50. The molecule has 3 aromatic rings. The summed E-state index contributed by atoms with van der Waals surface area (Å²) in [6, 6.07) is 21.5. The Balaban J connectivity index is 1.59. The lowest BCUT2D eigenvalue weighted by molar-refractivity contribution is -0.120. The molecular weight excluding hydrogens is 418 g/mol. The number of hydrogen-bond acceptors (Lipinski definition) is 2. The molecule has 0 heterocycles. The molecule has 1 saturated carbocycles. The third kappa shape index (κ3) is 4.98. The summed E-state index contributed by atoms with van der Waals surface area (Å²) in [4.78, 5) is 15.2. The Kier molecular flexibility index (Phi) is 6.89. The van der Waals surface area contributed by atoms with Crippen molar-refractivity contribution in [3.63, 3.8) is 0 Å². The van der Waals surface area contributed by atoms with Gasteiger partial charge in [-0.05, 0) is 47.7 Å². The van der Waals surface area contributed by atoms with Crippen LogP contribution in [0.4, 0.5) is 14.5 Å². The van der Waals surface area contributed by atoms with Gasteiger partial charge in [-0.1, -0.05) is 68.8 Å². The van der Waals surface area contributed by atoms with Crippen molar-refractivity contribution in [3.05, 3.63) is 90.0 Å². The van der Waals surface area contributed by atoms with Crippen LogP contribution in [0.5, 0.6) is 0 Å². The minimum Gasteiger partial charge on any atom is -0.326 e. The van der Waals surface area contributed by atoms with Gasteiger partial charge in [-0.15, -0.1) is 0 Å². The van der Waals surface area contributed by atoms with Crippen molar-refractivity contribution in [1.82, 2.24) is 0 Å². The monoisotopic (exact) mass is 448 g/mol. The van der Waals surface area contributed by atoms with E-state index in [1.165, 1.54) is 18.2 Å². The number of halogens is 2. The molecule has 5 heteroatoms. The summed E-state index contributed by atoms with van der Waals surface area (Å²) < 4.78 is 28.6. The number of hydrogen-bond donors (Lipinski definition) is 1. The van der Waals surface area contributed by atoms with E-state index >= 15 is 0 Å². The number of carbonyl (C=O) groups is 1. The van der Waals surface area contributed by atoms with E-state index in [1.807, 2.05) is 54.6 Å². The van der Waals surface area contributed by atoms with Crippen molar-refractivity contribution in [2.24, 2.45) is 17.6 Å². The normalized spacial score (nSPS) is 19.1. The molecule has 1 aliphatic carbocycles. The Morgan fingerprint density at radius 2 is 1.58 bits per heavy atom. The Hall–Kier alpha value is -3.05. The molecule has 4 rings (SSSR count). The van der Waals surface area contributed by atoms with Crippen molar-refractivity contribution < 1.29 is 13.6 Å². The largest absolute Gasteiger partial charge is 0.326 e. The maximum absolute atomic E-state index is 14.3. The summed E-state index contributed by atoms with van der Waals surface area (Å²) in [5.41, 5.74) is 9.33. The molecule has 0 aliphatic heterocycles. The second-order valence-electron chi connectivity index (χ2n) is 9.00. The zero-order chi connectivity index (χ0) is 23.5. The molecular formula is C28H30F2N2O. The van der Waals surface area contributed by atoms with Gasteiger partial charge in [0.1, 0.15) is 11.6 Å². The van der Waals surface area contributed by atoms with Crippen LogP contribution in [0.1, 0.15) is 38.2 Å². The number of carbonyl (C=O) groups excluding carboxylic acids is 1. The molecule has 33 heavy (non-hydrogen) atoms. The summed E-state index contributed by atoms with van der Waals surface area (Å²) in [5, 5.41) is 0. The fourth-order valence-corrected chi connectivity index (χ4v) is 4.33. The van der Waals surface area contributed by atoms with Gasteiger partial charge in [0, 0.05) is 35.7 Å². The fourth-order valence-electron chi connectivity index (χ4n) is 4.33. The van der Waals surface area contributed by atoms with Crippen LogP contribution in [0, 0.1) is 23.5 Å². The van der Waals surface area contributed by atoms with Crippen LogP contribution in [0.15, 0.2) is 72.8 Å². The first kappa shape index (κ1) is 23.1. The van der Waals surface area contributed by atoms with Gasteiger partial charge in [-0.3, -0.25) is 4.79 Å². The standard InChI is InChI=1S/C28H30F2N2O/c1-3-18(2)26(31)17-32(21-14-12-20(13-15-21)19-8-5-4-6-9-19)28(33)23-16-22(23)27-24(29)10-7-11-25(27)30/h4-15,18,22-23,26H,3,16-17,31H2,1-2H3/t18-,22+,23+,26+/m0/s1. The lowest BCUT2D eigenvalue weighted by Crippen LogP contribution is -2.45. The molecule has 0 saturated heterocycles. The topological polar surface area (TPSA) is 46.3 Å². The van der Waals surface area contributed by atoms with Gasteiger partial charge in [-0.25, -0.2) is 8.78 Å². The summed E-state index contributed by atoms with van der Waals surface area (Å²) in [6.45, 7) is 4.51. The first-order chi connectivity index (χ1) is 15.9. The van der Waals surface area contributed by atoms with E-state index in [2.05, 4.69) is 13.8 Å². The van der Waals surface area contributed by atoms with Crippen molar-refractivity contribution >= 4 is 11.6 Å². The minimum atomic E-state index is -0.592. The lowest BCUT2D eigenvalue weighted by atomic mass is 9.98. The molecule has 3 aromatic carbocycles. The molecule has 0 aromatic heterocycles. The highest BCUT2D eigenvalue weighted by atomic mass is 19.1. The second kappa shape index (κ2) is 9.84. The zero-order valence-electron chi connectivity index (χ0n) is 19.0. The van der Waals surface area contributed by atoms with E-state index in [4.69, 9.17) is 5.73 Å². The predicted molar refractivity (Wildman–Crippen MR) is 129 cm³/mol. The van der Waals surface area contributed by atoms with Gasteiger partial charge in [0.2, 0.25) is 5.91 Å². The molecule has 172 valence electrons. The Bertz CT molecular complexity index is 1080. The zero-order valence-corrected chi connectivity index (χ0v) is 19.0. The van der Waals surface area contributed by atoms with Crippen molar-refractivity contribution in [1.29, 1.82) is 0 Å². The smallest absolute Gasteiger partial charge is 0.230 e. The van der Waals surface area contributed by atoms with Crippen molar-refractivity contribution in [2.45, 2.75) is 38.6 Å². The fraction of sp³-hybridized carbons (Fsp3) is 0.321. The van der Waals surface area contributed by atoms with Gasteiger partial charge in [0.05, 0.1) is 0 Å². The van der Waals surface area contributed by atoms with Crippen LogP contribution in [0.2, 0.25) is 0 Å². The lowest BCUT2D eigenvalue weighted by Gasteiger charge is -2.29. The molecule has 0 radical (unpaired) electrons. The van der Waals surface area contributed by atoms with E-state index in [1.54, 1.807) is 4.90 Å². The third-order valence-electron chi connectivity index (χ3n) is 6.80. The first-order valence-corrected chi connectivity index (χ1v) is 11.6. The SMILES string of the molecule is CC[C@H](C)[C@H](N)CN(C(=O)[C@@H]1C[C@H]1c1c(F)cccc1F)c1ccc(-c2ccccc2)cc1. The summed E-state index contributed by atoms with van der Waals surface area (Å²) in [5.74, 6) is -1.97. The van der Waals surface area contributed by atoms with Crippen LogP contribution >= 0.6 is 0 Å². The third-order valence-corrected chi connectivity index (χ3v) is 6.80. The molecule has 1 amide bonds. The molecule has 0 spiro atoms. The van der Waals surface area contributed by atoms with Crippen LogP contribution < -0.4 is 10.6 Å². The van der Waals surface area contributed by atoms with E-state index in [0.717, 1.165) is 23.2 Å². The molecule has 0 bridgehead atoms. The van der Waals surface area contributed by atoms with Crippen LogP contribution in [-0.2, 0) is 4.79 Å². The van der Waals surface area contributed by atoms with Crippen molar-refractivity contribution in [3.8, 4) is 11.1 Å². The number of nitrogens with two attached hydrogens (primary N) is 1. The Labute approximate surface area is 194 Å². The maximum Gasteiger partial charge on any atom is 0.230 e. The van der Waals surface area contributed by atoms with Crippen molar-refractivity contribution in [2.75, 3.05) is 11.4 Å². The number of anilines is 1. The Morgan fingerprint density at radius 3 is 2.18 bits per heavy atom. The van der Waals surface area contributed by atoms with Gasteiger partial charge >= 0.3 is 0 Å². The summed E-state index contributed by atoms with van der Waals surface area (Å²) in [7, 11) is 0. The molecule has 4 atom stereocenters. The quantitative estimate of drug-likeness (QED) is 0.450. The van der Waals surface area contributed by atoms with E-state index in [-0.39, 0.29) is 23.4 Å². The highest BCUT2D eigenvalue weighted by Gasteiger charge is 2.48. The van der Waals surface area contributed by atoms with Gasteiger partial charge in [0.15, 0.2) is 0 Å². The van der Waals surface area contributed by atoms with Crippen LogP contribution in [0.25, 0.3) is 11.1 Å². The first-order valence-electron chi connectivity index (χ1n) is 11.6. The van der Waals surface area contributed by atoms with Crippen LogP contribution in [0.3, 0.4) is 0 Å². The predicted octanol–water partition coefficient (Wildman–Crippen LogP) is 6.14. The number of rotatable bonds is 8. The molecule has 3 nitrogen and oxygen atoms in total. The highest BCUT2D eigenvalue weighted by molar-refractivity contribution is 5.97. The average Bonchev–Trinajstić information content (AvgIpc) is 3.62. The average molecular weight is 449 g/mol. The molecule has 2 N–H and O–H groups in total. The van der Waals surface area contributed by atoms with Gasteiger partial charge in [-0.2, -0.15) is 0 Å². The molecule has 1 aliphatic rings. The van der Waals surface area contributed by atoms with Gasteiger partial charge in [0.25, 0.3) is 0 Å². The molecule has 0 unspecified atom stereocenters. The summed E-state index contributed by atoms with van der Waals surface area (Å²) in [6.07, 6.45) is 1.34. The van der Waals surface area contributed by atoms with Crippen LogP contribution in [-0.4, -0.2) is 18.5 Å². The van der Waals surface area contributed by atoms with E-state index in [9.17, 15) is 13.6 Å². The molecule has 1 fully saturated rings. The van der Waals surface area contributed by atoms with E-state index in [0.29, 0.717) is 13.0 Å². The number of amides is 1. The number of nitrogens with zero attached hydrogens (tertiary/aromatic N) is 1. The Morgan fingerprint density at radius 1 is 0.970 bits per heavy atom. The van der Waals surface area contributed by atoms with Gasteiger partial charge < -0.3 is 10.6 Å². The van der Waals surface area contributed by atoms with E-state index < -0.39 is 23.5 Å². The number of benzene rings is 3. The minimum absolute atomic E-state index is 0.0152. The summed E-state index contributed by atoms with van der Waals surface area (Å²) >= 11 is 0. The maximum atomic E-state index is 14.3. The second-order valence-corrected chi connectivity index (χ2v) is 9.00.